The maximum absolute atomic E-state index is 6.19. The van der Waals surface area contributed by atoms with E-state index >= 15 is 0 Å². The Labute approximate surface area is 227 Å². The molecule has 0 fully saturated rings. The summed E-state index contributed by atoms with van der Waals surface area (Å²) >= 11 is 0. The zero-order valence-electron chi connectivity index (χ0n) is 21.6. The smallest absolute Gasteiger partial charge is 0.162 e. The molecule has 0 saturated heterocycles. The SMILES string of the molecule is Cc1nc2ccc(-c3ccc4c(c3)CN(c3cc(-c5ccccc5)nc(-c5ccccc5)n3)CCO4)cc2[nH]1. The quantitative estimate of drug-likeness (QED) is 0.276. The van der Waals surface area contributed by atoms with E-state index in [0.717, 1.165) is 68.5 Å². The molecule has 6 aromatic rings. The van der Waals surface area contributed by atoms with Crippen molar-refractivity contribution in [3.05, 3.63) is 115 Å². The third-order valence-corrected chi connectivity index (χ3v) is 7.11. The normalized spacial score (nSPS) is 13.1. The number of fused-ring (bicyclic) bond motifs is 2. The van der Waals surface area contributed by atoms with Gasteiger partial charge in [0.05, 0.1) is 23.3 Å². The zero-order valence-corrected chi connectivity index (χ0v) is 21.6. The van der Waals surface area contributed by atoms with E-state index in [0.29, 0.717) is 19.0 Å². The lowest BCUT2D eigenvalue weighted by molar-refractivity contribution is 0.331. The van der Waals surface area contributed by atoms with Gasteiger partial charge >= 0.3 is 0 Å². The number of hydrogen-bond donors (Lipinski definition) is 1. The maximum Gasteiger partial charge on any atom is 0.162 e. The minimum Gasteiger partial charge on any atom is -0.491 e. The summed E-state index contributed by atoms with van der Waals surface area (Å²) in [5.41, 5.74) is 8.41. The Morgan fingerprint density at radius 2 is 1.46 bits per heavy atom. The van der Waals surface area contributed by atoms with E-state index in [1.165, 1.54) is 0 Å². The summed E-state index contributed by atoms with van der Waals surface area (Å²) < 4.78 is 6.19. The summed E-state index contributed by atoms with van der Waals surface area (Å²) in [6, 6.07) is 35.3. The van der Waals surface area contributed by atoms with E-state index < -0.39 is 0 Å². The van der Waals surface area contributed by atoms with E-state index in [1.807, 2.05) is 43.3 Å². The van der Waals surface area contributed by atoms with Crippen LogP contribution in [0.3, 0.4) is 0 Å². The number of ether oxygens (including phenoxy) is 1. The summed E-state index contributed by atoms with van der Waals surface area (Å²) in [6.45, 7) is 3.97. The lowest BCUT2D eigenvalue weighted by Gasteiger charge is -2.22. The molecule has 0 spiro atoms. The van der Waals surface area contributed by atoms with Gasteiger partial charge in [-0.3, -0.25) is 0 Å². The molecule has 39 heavy (non-hydrogen) atoms. The van der Waals surface area contributed by atoms with Crippen LogP contribution in [0.15, 0.2) is 103 Å². The highest BCUT2D eigenvalue weighted by molar-refractivity contribution is 5.82. The molecular weight excluding hydrogens is 482 g/mol. The molecule has 0 saturated carbocycles. The first kappa shape index (κ1) is 23.2. The number of rotatable bonds is 4. The van der Waals surface area contributed by atoms with Crippen molar-refractivity contribution in [3.63, 3.8) is 0 Å². The largest absolute Gasteiger partial charge is 0.491 e. The van der Waals surface area contributed by atoms with Gasteiger partial charge in [0.25, 0.3) is 0 Å². The maximum atomic E-state index is 6.19. The van der Waals surface area contributed by atoms with Crippen molar-refractivity contribution in [3.8, 4) is 39.5 Å². The molecule has 6 heteroatoms. The number of anilines is 1. The van der Waals surface area contributed by atoms with Gasteiger partial charge < -0.3 is 14.6 Å². The van der Waals surface area contributed by atoms with Crippen molar-refractivity contribution < 1.29 is 4.74 Å². The van der Waals surface area contributed by atoms with Crippen LogP contribution in [-0.2, 0) is 6.54 Å². The van der Waals surface area contributed by atoms with Crippen molar-refractivity contribution in [1.29, 1.82) is 0 Å². The average Bonchev–Trinajstić information content (AvgIpc) is 3.23. The fraction of sp³-hybridized carbons (Fsp3) is 0.121. The molecule has 0 atom stereocenters. The molecule has 4 aromatic carbocycles. The minimum atomic E-state index is 0.580. The van der Waals surface area contributed by atoms with Gasteiger partial charge in [-0.2, -0.15) is 0 Å². The molecular formula is C33H27N5O. The Balaban J connectivity index is 1.28. The molecule has 1 N–H and O–H groups in total. The van der Waals surface area contributed by atoms with Gasteiger partial charge in [0.1, 0.15) is 24.0 Å². The monoisotopic (exact) mass is 509 g/mol. The highest BCUT2D eigenvalue weighted by Gasteiger charge is 2.20. The lowest BCUT2D eigenvalue weighted by atomic mass is 10.0. The standard InChI is InChI=1S/C33H27N5O/c1-22-34-28-14-12-26(19-30(28)35-22)25-13-15-31-27(18-25)21-38(16-17-39-31)32-20-29(23-8-4-2-5-9-23)36-33(37-32)24-10-6-3-7-11-24/h2-15,18-20H,16-17,21H2,1H3,(H,34,35). The third kappa shape index (κ3) is 4.61. The van der Waals surface area contributed by atoms with Crippen molar-refractivity contribution in [1.82, 2.24) is 19.9 Å². The number of aromatic nitrogens is 4. The zero-order chi connectivity index (χ0) is 26.2. The summed E-state index contributed by atoms with van der Waals surface area (Å²) in [5.74, 6) is 3.44. The Morgan fingerprint density at radius 1 is 0.718 bits per heavy atom. The van der Waals surface area contributed by atoms with Crippen LogP contribution in [0.25, 0.3) is 44.8 Å². The fourth-order valence-electron chi connectivity index (χ4n) is 5.16. The number of benzene rings is 4. The van der Waals surface area contributed by atoms with E-state index in [-0.39, 0.29) is 0 Å². The first-order chi connectivity index (χ1) is 19.2. The molecule has 0 radical (unpaired) electrons. The number of H-pyrrole nitrogens is 1. The summed E-state index contributed by atoms with van der Waals surface area (Å²) in [7, 11) is 0. The Bertz CT molecular complexity index is 1720. The number of nitrogens with zero attached hydrogens (tertiary/aromatic N) is 4. The number of nitrogens with one attached hydrogen (secondary N) is 1. The molecule has 2 aromatic heterocycles. The van der Waals surface area contributed by atoms with E-state index in [1.54, 1.807) is 0 Å². The Kier molecular flexibility index (Phi) is 5.78. The summed E-state index contributed by atoms with van der Waals surface area (Å²) in [4.78, 5) is 20.1. The molecule has 0 aliphatic carbocycles. The van der Waals surface area contributed by atoms with Crippen molar-refractivity contribution in [2.45, 2.75) is 13.5 Å². The molecule has 1 aliphatic rings. The predicted octanol–water partition coefficient (Wildman–Crippen LogP) is 7.06. The van der Waals surface area contributed by atoms with Gasteiger partial charge in [-0.05, 0) is 42.3 Å². The van der Waals surface area contributed by atoms with E-state index in [4.69, 9.17) is 14.7 Å². The summed E-state index contributed by atoms with van der Waals surface area (Å²) in [5, 5.41) is 0. The molecule has 1 aliphatic heterocycles. The van der Waals surface area contributed by atoms with Gasteiger partial charge in [-0.25, -0.2) is 15.0 Å². The van der Waals surface area contributed by atoms with Crippen molar-refractivity contribution in [2.75, 3.05) is 18.1 Å². The second kappa shape index (κ2) is 9.72. The van der Waals surface area contributed by atoms with Crippen molar-refractivity contribution in [2.24, 2.45) is 0 Å². The van der Waals surface area contributed by atoms with Gasteiger partial charge in [-0.1, -0.05) is 72.8 Å². The first-order valence-corrected chi connectivity index (χ1v) is 13.2. The predicted molar refractivity (Wildman–Crippen MR) is 156 cm³/mol. The number of imidazole rings is 1. The summed E-state index contributed by atoms with van der Waals surface area (Å²) in [6.07, 6.45) is 0. The van der Waals surface area contributed by atoms with Gasteiger partial charge in [0.2, 0.25) is 0 Å². The number of hydrogen-bond acceptors (Lipinski definition) is 5. The number of aryl methyl sites for hydroxylation is 1. The Morgan fingerprint density at radius 3 is 2.28 bits per heavy atom. The second-order valence-electron chi connectivity index (χ2n) is 9.81. The fourth-order valence-corrected chi connectivity index (χ4v) is 5.16. The third-order valence-electron chi connectivity index (χ3n) is 7.11. The molecule has 0 amide bonds. The lowest BCUT2D eigenvalue weighted by Crippen LogP contribution is -2.26. The van der Waals surface area contributed by atoms with Gasteiger partial charge in [0.15, 0.2) is 5.82 Å². The molecule has 7 rings (SSSR count). The molecule has 0 bridgehead atoms. The van der Waals surface area contributed by atoms with E-state index in [9.17, 15) is 0 Å². The van der Waals surface area contributed by atoms with Crippen LogP contribution in [0, 0.1) is 6.92 Å². The highest BCUT2D eigenvalue weighted by atomic mass is 16.5. The topological polar surface area (TPSA) is 66.9 Å². The van der Waals surface area contributed by atoms with Gasteiger partial charge in [-0.15, -0.1) is 0 Å². The van der Waals surface area contributed by atoms with Crippen molar-refractivity contribution >= 4 is 16.9 Å². The van der Waals surface area contributed by atoms with Crippen LogP contribution in [0.4, 0.5) is 5.82 Å². The van der Waals surface area contributed by atoms with Crippen LogP contribution < -0.4 is 9.64 Å². The van der Waals surface area contributed by atoms with Crippen LogP contribution in [0.2, 0.25) is 0 Å². The van der Waals surface area contributed by atoms with Gasteiger partial charge in [0, 0.05) is 29.3 Å². The first-order valence-electron chi connectivity index (χ1n) is 13.2. The Hall–Kier alpha value is -4.97. The van der Waals surface area contributed by atoms with Crippen LogP contribution in [-0.4, -0.2) is 33.1 Å². The molecule has 3 heterocycles. The number of aromatic amines is 1. The molecule has 190 valence electrons. The second-order valence-corrected chi connectivity index (χ2v) is 9.81. The minimum absolute atomic E-state index is 0.580. The average molecular weight is 510 g/mol. The van der Waals surface area contributed by atoms with Crippen LogP contribution in [0.1, 0.15) is 11.4 Å². The highest BCUT2D eigenvalue weighted by Crippen LogP contribution is 2.33. The van der Waals surface area contributed by atoms with E-state index in [2.05, 4.69) is 81.6 Å². The van der Waals surface area contributed by atoms with Crippen LogP contribution >= 0.6 is 0 Å². The van der Waals surface area contributed by atoms with Crippen LogP contribution in [0.5, 0.6) is 5.75 Å². The molecule has 6 nitrogen and oxygen atoms in total. The molecule has 0 unspecified atom stereocenters.